The zero-order valence-corrected chi connectivity index (χ0v) is 18.9. The number of benzene rings is 2. The summed E-state index contributed by atoms with van der Waals surface area (Å²) in [5.41, 5.74) is 2.18. The molecule has 1 amide bonds. The molecule has 1 unspecified atom stereocenters. The van der Waals surface area contributed by atoms with Gasteiger partial charge in [0.25, 0.3) is 0 Å². The summed E-state index contributed by atoms with van der Waals surface area (Å²) in [6, 6.07) is 7.93. The van der Waals surface area contributed by atoms with Gasteiger partial charge >= 0.3 is 0 Å². The average molecular weight is 457 g/mol. The molecule has 0 aromatic heterocycles. The maximum Gasteiger partial charge on any atom is 0.223 e. The molecule has 0 heterocycles. The minimum atomic E-state index is -1.01. The first-order valence-corrected chi connectivity index (χ1v) is 10.7. The summed E-state index contributed by atoms with van der Waals surface area (Å²) in [6.45, 7) is 2.77. The van der Waals surface area contributed by atoms with Gasteiger partial charge < -0.3 is 10.2 Å². The molecule has 1 N–H and O–H groups in total. The fourth-order valence-electron chi connectivity index (χ4n) is 3.74. The van der Waals surface area contributed by atoms with Crippen molar-refractivity contribution in [2.24, 2.45) is 5.92 Å². The number of ketones is 1. The van der Waals surface area contributed by atoms with Crippen molar-refractivity contribution < 1.29 is 22.8 Å². The summed E-state index contributed by atoms with van der Waals surface area (Å²) < 4.78 is 40.6. The Kier molecular flexibility index (Phi) is 7.87. The molecule has 0 saturated heterocycles. The molecule has 2 aromatic carbocycles. The van der Waals surface area contributed by atoms with Gasteiger partial charge in [-0.3, -0.25) is 9.59 Å². The molecule has 1 aliphatic rings. The summed E-state index contributed by atoms with van der Waals surface area (Å²) in [6.07, 6.45) is 3.57. The third-order valence-electron chi connectivity index (χ3n) is 5.55. The van der Waals surface area contributed by atoms with Crippen LogP contribution in [-0.2, 0) is 9.59 Å². The van der Waals surface area contributed by atoms with E-state index in [2.05, 4.69) is 5.32 Å². The lowest BCUT2D eigenvalue weighted by molar-refractivity contribution is -0.125. The van der Waals surface area contributed by atoms with Crippen LogP contribution in [0.1, 0.15) is 29.5 Å². The molecule has 33 heavy (non-hydrogen) atoms. The predicted molar refractivity (Wildman–Crippen MR) is 123 cm³/mol. The number of amides is 1. The summed E-state index contributed by atoms with van der Waals surface area (Å²) >= 11 is 0. The van der Waals surface area contributed by atoms with Crippen LogP contribution in [0.4, 0.5) is 13.2 Å². The van der Waals surface area contributed by atoms with E-state index in [0.29, 0.717) is 40.9 Å². The van der Waals surface area contributed by atoms with Gasteiger partial charge in [-0.25, -0.2) is 13.2 Å². The first kappa shape index (κ1) is 24.5. The fourth-order valence-corrected chi connectivity index (χ4v) is 3.74. The third kappa shape index (κ3) is 6.42. The number of carbonyl (C=O) groups excluding carboxylic acids is 2. The van der Waals surface area contributed by atoms with Gasteiger partial charge in [0.05, 0.1) is 0 Å². The standard InChI is InChI=1S/C26H27F3N2O2/c1-16-10-17(4-6-22(16)27)11-19-14-21(26(33)30-8-9-31(2)3)15-20(25(19)32)12-18-5-7-23(28)24(29)13-18/h4-7,10-13,21H,8-9,14-15H2,1-3H3,(H,30,33)/b19-11+,20-12+. The highest BCUT2D eigenvalue weighted by Gasteiger charge is 2.32. The highest BCUT2D eigenvalue weighted by Crippen LogP contribution is 2.33. The van der Waals surface area contributed by atoms with Crippen LogP contribution in [-0.4, -0.2) is 43.8 Å². The molecule has 4 nitrogen and oxygen atoms in total. The maximum atomic E-state index is 13.7. The van der Waals surface area contributed by atoms with Crippen LogP contribution >= 0.6 is 0 Å². The van der Waals surface area contributed by atoms with Gasteiger partial charge in [-0.2, -0.15) is 0 Å². The molecule has 1 saturated carbocycles. The molecular formula is C26H27F3N2O2. The molecular weight excluding hydrogens is 429 g/mol. The van der Waals surface area contributed by atoms with E-state index in [9.17, 15) is 22.8 Å². The number of halogens is 3. The molecule has 7 heteroatoms. The Bertz CT molecular complexity index is 1050. The van der Waals surface area contributed by atoms with Gasteiger partial charge in [0.2, 0.25) is 5.91 Å². The van der Waals surface area contributed by atoms with E-state index in [0.717, 1.165) is 12.1 Å². The van der Waals surface area contributed by atoms with Gasteiger partial charge in [-0.05, 0) is 87.0 Å². The Morgan fingerprint density at radius 3 is 2.09 bits per heavy atom. The Balaban J connectivity index is 1.94. The topological polar surface area (TPSA) is 49.4 Å². The van der Waals surface area contributed by atoms with Crippen LogP contribution in [0.15, 0.2) is 47.5 Å². The molecule has 1 aliphatic carbocycles. The SMILES string of the molecule is Cc1cc(/C=C2\CC(C(=O)NCCN(C)C)C/C(=C\c3ccc(F)c(F)c3)C2=O)ccc1F. The van der Waals surface area contributed by atoms with Crippen LogP contribution in [0.25, 0.3) is 12.2 Å². The highest BCUT2D eigenvalue weighted by atomic mass is 19.2. The molecule has 0 aliphatic heterocycles. The number of rotatable bonds is 6. The molecule has 2 aromatic rings. The Hall–Kier alpha value is -3.19. The molecule has 0 radical (unpaired) electrons. The largest absolute Gasteiger partial charge is 0.355 e. The van der Waals surface area contributed by atoms with E-state index in [1.165, 1.54) is 18.2 Å². The van der Waals surface area contributed by atoms with Crippen molar-refractivity contribution in [2.45, 2.75) is 19.8 Å². The number of hydrogen-bond donors (Lipinski definition) is 1. The first-order chi connectivity index (χ1) is 15.6. The summed E-state index contributed by atoms with van der Waals surface area (Å²) in [5.74, 6) is -3.26. The van der Waals surface area contributed by atoms with E-state index in [4.69, 9.17) is 0 Å². The quantitative estimate of drug-likeness (QED) is 0.650. The fraction of sp³-hybridized carbons (Fsp3) is 0.308. The maximum absolute atomic E-state index is 13.7. The Labute approximate surface area is 191 Å². The van der Waals surface area contributed by atoms with E-state index in [1.54, 1.807) is 25.1 Å². The Morgan fingerprint density at radius 1 is 0.970 bits per heavy atom. The molecule has 174 valence electrons. The monoisotopic (exact) mass is 456 g/mol. The number of aryl methyl sites for hydroxylation is 1. The lowest BCUT2D eigenvalue weighted by Gasteiger charge is -2.25. The van der Waals surface area contributed by atoms with Crippen LogP contribution in [0.3, 0.4) is 0 Å². The summed E-state index contributed by atoms with van der Waals surface area (Å²) in [5, 5.41) is 2.90. The van der Waals surface area contributed by atoms with E-state index < -0.39 is 17.6 Å². The number of hydrogen-bond acceptors (Lipinski definition) is 3. The normalized spacial score (nSPS) is 18.9. The lowest BCUT2D eigenvalue weighted by Crippen LogP contribution is -2.38. The van der Waals surface area contributed by atoms with Crippen LogP contribution in [0, 0.1) is 30.3 Å². The first-order valence-electron chi connectivity index (χ1n) is 10.7. The van der Waals surface area contributed by atoms with Crippen LogP contribution in [0.2, 0.25) is 0 Å². The van der Waals surface area contributed by atoms with Gasteiger partial charge in [-0.15, -0.1) is 0 Å². The second-order valence-corrected chi connectivity index (χ2v) is 8.55. The van der Waals surface area contributed by atoms with E-state index >= 15 is 0 Å². The zero-order valence-electron chi connectivity index (χ0n) is 18.9. The van der Waals surface area contributed by atoms with Crippen LogP contribution in [0.5, 0.6) is 0 Å². The number of nitrogens with zero attached hydrogens (tertiary/aromatic N) is 1. The number of Topliss-reactive ketones (excluding diaryl/α,β-unsaturated/α-hetero) is 1. The Morgan fingerprint density at radius 2 is 1.55 bits per heavy atom. The number of nitrogens with one attached hydrogen (secondary N) is 1. The molecule has 1 atom stereocenters. The van der Waals surface area contributed by atoms with Gasteiger partial charge in [0.15, 0.2) is 17.4 Å². The molecule has 0 spiro atoms. The van der Waals surface area contributed by atoms with Gasteiger partial charge in [0.1, 0.15) is 5.82 Å². The second-order valence-electron chi connectivity index (χ2n) is 8.55. The number of likely N-dealkylation sites (N-methyl/N-ethyl adjacent to an activating group) is 1. The van der Waals surface area contributed by atoms with Crippen molar-refractivity contribution in [1.82, 2.24) is 10.2 Å². The molecule has 1 fully saturated rings. The van der Waals surface area contributed by atoms with Gasteiger partial charge in [-0.1, -0.05) is 12.1 Å². The van der Waals surface area contributed by atoms with Crippen molar-refractivity contribution >= 4 is 23.8 Å². The third-order valence-corrected chi connectivity index (χ3v) is 5.55. The van der Waals surface area contributed by atoms with Crippen LogP contribution < -0.4 is 5.32 Å². The summed E-state index contributed by atoms with van der Waals surface area (Å²) in [4.78, 5) is 28.0. The minimum Gasteiger partial charge on any atom is -0.355 e. The predicted octanol–water partition coefficient (Wildman–Crippen LogP) is 4.54. The van der Waals surface area contributed by atoms with E-state index in [-0.39, 0.29) is 30.3 Å². The highest BCUT2D eigenvalue weighted by molar-refractivity contribution is 6.15. The van der Waals surface area contributed by atoms with Crippen molar-refractivity contribution in [2.75, 3.05) is 27.2 Å². The second kappa shape index (κ2) is 10.6. The number of carbonyl (C=O) groups is 2. The van der Waals surface area contributed by atoms with Crippen molar-refractivity contribution in [3.05, 3.63) is 81.7 Å². The van der Waals surface area contributed by atoms with E-state index in [1.807, 2.05) is 19.0 Å². The number of allylic oxidation sites excluding steroid dienone is 2. The molecule has 0 bridgehead atoms. The minimum absolute atomic E-state index is 0.179. The lowest BCUT2D eigenvalue weighted by atomic mass is 9.79. The average Bonchev–Trinajstić information content (AvgIpc) is 2.75. The van der Waals surface area contributed by atoms with Crippen molar-refractivity contribution in [3.8, 4) is 0 Å². The zero-order chi connectivity index (χ0) is 24.1. The van der Waals surface area contributed by atoms with Crippen molar-refractivity contribution in [3.63, 3.8) is 0 Å². The smallest absolute Gasteiger partial charge is 0.223 e. The van der Waals surface area contributed by atoms with Crippen molar-refractivity contribution in [1.29, 1.82) is 0 Å². The summed E-state index contributed by atoms with van der Waals surface area (Å²) in [7, 11) is 3.80. The molecule has 3 rings (SSSR count). The van der Waals surface area contributed by atoms with Gasteiger partial charge in [0, 0.05) is 30.2 Å².